The molecule has 15 heavy (non-hydrogen) atoms. The average molecular weight is 208 g/mol. The molecule has 1 aromatic heterocycles. The SMILES string of the molecule is COCC(NCc1ccn(C)c1)C1CC1. The maximum absolute atomic E-state index is 5.23. The summed E-state index contributed by atoms with van der Waals surface area (Å²) in [6, 6.07) is 2.69. The van der Waals surface area contributed by atoms with Crippen molar-refractivity contribution in [2.75, 3.05) is 13.7 Å². The maximum Gasteiger partial charge on any atom is 0.0618 e. The second-order valence-corrected chi connectivity index (χ2v) is 4.47. The summed E-state index contributed by atoms with van der Waals surface area (Å²) < 4.78 is 7.31. The van der Waals surface area contributed by atoms with Crippen molar-refractivity contribution in [3.63, 3.8) is 0 Å². The van der Waals surface area contributed by atoms with E-state index in [1.54, 1.807) is 7.11 Å². The molecule has 2 rings (SSSR count). The van der Waals surface area contributed by atoms with Gasteiger partial charge in [-0.15, -0.1) is 0 Å². The van der Waals surface area contributed by atoms with Gasteiger partial charge in [0.05, 0.1) is 6.61 Å². The Morgan fingerprint density at radius 2 is 2.40 bits per heavy atom. The Morgan fingerprint density at radius 1 is 1.60 bits per heavy atom. The van der Waals surface area contributed by atoms with Crippen LogP contribution in [-0.2, 0) is 18.3 Å². The van der Waals surface area contributed by atoms with E-state index in [0.29, 0.717) is 6.04 Å². The van der Waals surface area contributed by atoms with Crippen molar-refractivity contribution in [2.24, 2.45) is 13.0 Å². The fourth-order valence-corrected chi connectivity index (χ4v) is 1.95. The highest BCUT2D eigenvalue weighted by molar-refractivity contribution is 5.09. The summed E-state index contributed by atoms with van der Waals surface area (Å²) in [7, 11) is 3.83. The first-order valence-electron chi connectivity index (χ1n) is 5.63. The second kappa shape index (κ2) is 4.81. The van der Waals surface area contributed by atoms with Crippen molar-refractivity contribution in [1.29, 1.82) is 0 Å². The molecule has 1 aromatic rings. The second-order valence-electron chi connectivity index (χ2n) is 4.47. The monoisotopic (exact) mass is 208 g/mol. The van der Waals surface area contributed by atoms with E-state index in [1.165, 1.54) is 18.4 Å². The highest BCUT2D eigenvalue weighted by Gasteiger charge is 2.30. The molecule has 0 saturated heterocycles. The third-order valence-electron chi connectivity index (χ3n) is 3.00. The zero-order chi connectivity index (χ0) is 10.7. The molecule has 0 amide bonds. The van der Waals surface area contributed by atoms with Gasteiger partial charge >= 0.3 is 0 Å². The number of aromatic nitrogens is 1. The molecule has 0 radical (unpaired) electrons. The van der Waals surface area contributed by atoms with E-state index in [9.17, 15) is 0 Å². The molecule has 0 aliphatic heterocycles. The van der Waals surface area contributed by atoms with E-state index >= 15 is 0 Å². The van der Waals surface area contributed by atoms with Crippen LogP contribution in [-0.4, -0.2) is 24.3 Å². The van der Waals surface area contributed by atoms with E-state index in [-0.39, 0.29) is 0 Å². The standard InChI is InChI=1S/C12H20N2O/c1-14-6-5-10(8-14)7-13-12(9-15-2)11-3-4-11/h5-6,8,11-13H,3-4,7,9H2,1-2H3. The molecule has 3 heteroatoms. The van der Waals surface area contributed by atoms with Crippen molar-refractivity contribution < 1.29 is 4.74 Å². The van der Waals surface area contributed by atoms with Crippen LogP contribution in [0, 0.1) is 5.92 Å². The van der Waals surface area contributed by atoms with Crippen molar-refractivity contribution >= 4 is 0 Å². The highest BCUT2D eigenvalue weighted by atomic mass is 16.5. The first-order chi connectivity index (χ1) is 7.29. The van der Waals surface area contributed by atoms with Gasteiger partial charge in [-0.1, -0.05) is 0 Å². The molecule has 1 aliphatic carbocycles. The molecule has 1 N–H and O–H groups in total. The van der Waals surface area contributed by atoms with Crippen molar-refractivity contribution in [3.8, 4) is 0 Å². The molecule has 84 valence electrons. The van der Waals surface area contributed by atoms with Gasteiger partial charge < -0.3 is 14.6 Å². The zero-order valence-electron chi connectivity index (χ0n) is 9.57. The number of nitrogens with zero attached hydrogens (tertiary/aromatic N) is 1. The minimum absolute atomic E-state index is 0.537. The smallest absolute Gasteiger partial charge is 0.0618 e. The number of aryl methyl sites for hydroxylation is 1. The van der Waals surface area contributed by atoms with E-state index in [2.05, 4.69) is 35.4 Å². The van der Waals surface area contributed by atoms with E-state index in [4.69, 9.17) is 4.74 Å². The van der Waals surface area contributed by atoms with Gasteiger partial charge in [0.25, 0.3) is 0 Å². The van der Waals surface area contributed by atoms with Gasteiger partial charge in [0, 0.05) is 39.1 Å². The lowest BCUT2D eigenvalue weighted by Crippen LogP contribution is -2.34. The van der Waals surface area contributed by atoms with Crippen LogP contribution in [0.5, 0.6) is 0 Å². The van der Waals surface area contributed by atoms with E-state index in [0.717, 1.165) is 19.1 Å². The van der Waals surface area contributed by atoms with Gasteiger partial charge in [0.15, 0.2) is 0 Å². The predicted octanol–water partition coefficient (Wildman–Crippen LogP) is 1.54. The summed E-state index contributed by atoms with van der Waals surface area (Å²) in [4.78, 5) is 0. The number of hydrogen-bond acceptors (Lipinski definition) is 2. The number of methoxy groups -OCH3 is 1. The fourth-order valence-electron chi connectivity index (χ4n) is 1.95. The van der Waals surface area contributed by atoms with Crippen LogP contribution in [0.25, 0.3) is 0 Å². The average Bonchev–Trinajstić information content (AvgIpc) is 2.97. The minimum Gasteiger partial charge on any atom is -0.383 e. The van der Waals surface area contributed by atoms with Gasteiger partial charge in [-0.25, -0.2) is 0 Å². The molecule has 1 atom stereocenters. The molecule has 1 saturated carbocycles. The Balaban J connectivity index is 1.79. The third kappa shape index (κ3) is 3.08. The maximum atomic E-state index is 5.23. The normalized spacial score (nSPS) is 18.0. The third-order valence-corrected chi connectivity index (χ3v) is 3.00. The highest BCUT2D eigenvalue weighted by Crippen LogP contribution is 2.32. The summed E-state index contributed by atoms with van der Waals surface area (Å²) in [6.07, 6.45) is 6.95. The molecule has 0 spiro atoms. The fraction of sp³-hybridized carbons (Fsp3) is 0.667. The minimum atomic E-state index is 0.537. The molecule has 1 heterocycles. The molecule has 0 aromatic carbocycles. The zero-order valence-corrected chi connectivity index (χ0v) is 9.57. The molecule has 1 unspecified atom stereocenters. The lowest BCUT2D eigenvalue weighted by atomic mass is 10.2. The summed E-state index contributed by atoms with van der Waals surface area (Å²) >= 11 is 0. The van der Waals surface area contributed by atoms with Crippen LogP contribution < -0.4 is 5.32 Å². The van der Waals surface area contributed by atoms with E-state index in [1.807, 2.05) is 0 Å². The number of nitrogens with one attached hydrogen (secondary N) is 1. The number of rotatable bonds is 6. The summed E-state index contributed by atoms with van der Waals surface area (Å²) in [6.45, 7) is 1.78. The lowest BCUT2D eigenvalue weighted by molar-refractivity contribution is 0.157. The molecule has 1 fully saturated rings. The number of hydrogen-bond donors (Lipinski definition) is 1. The van der Waals surface area contributed by atoms with Gasteiger partial charge in [0.2, 0.25) is 0 Å². The topological polar surface area (TPSA) is 26.2 Å². The van der Waals surface area contributed by atoms with Crippen LogP contribution >= 0.6 is 0 Å². The first kappa shape index (κ1) is 10.7. The Bertz CT molecular complexity index is 304. The van der Waals surface area contributed by atoms with Gasteiger partial charge in [-0.2, -0.15) is 0 Å². The van der Waals surface area contributed by atoms with Crippen LogP contribution in [0.15, 0.2) is 18.5 Å². The van der Waals surface area contributed by atoms with Crippen LogP contribution in [0.4, 0.5) is 0 Å². The van der Waals surface area contributed by atoms with Crippen LogP contribution in [0.2, 0.25) is 0 Å². The Kier molecular flexibility index (Phi) is 3.44. The largest absolute Gasteiger partial charge is 0.383 e. The summed E-state index contributed by atoms with van der Waals surface area (Å²) in [5.41, 5.74) is 1.35. The Labute approximate surface area is 91.4 Å². The summed E-state index contributed by atoms with van der Waals surface area (Å²) in [5, 5.41) is 3.57. The Morgan fingerprint density at radius 3 is 2.93 bits per heavy atom. The first-order valence-corrected chi connectivity index (χ1v) is 5.63. The molecular formula is C12H20N2O. The van der Waals surface area contributed by atoms with Crippen LogP contribution in [0.3, 0.4) is 0 Å². The Hall–Kier alpha value is -0.800. The lowest BCUT2D eigenvalue weighted by Gasteiger charge is -2.16. The molecular weight excluding hydrogens is 188 g/mol. The van der Waals surface area contributed by atoms with Gasteiger partial charge in [-0.3, -0.25) is 0 Å². The van der Waals surface area contributed by atoms with Crippen LogP contribution in [0.1, 0.15) is 18.4 Å². The quantitative estimate of drug-likeness (QED) is 0.767. The number of ether oxygens (including phenoxy) is 1. The van der Waals surface area contributed by atoms with Gasteiger partial charge in [-0.05, 0) is 30.4 Å². The van der Waals surface area contributed by atoms with Gasteiger partial charge in [0.1, 0.15) is 0 Å². The molecule has 1 aliphatic rings. The predicted molar refractivity (Wildman–Crippen MR) is 60.6 cm³/mol. The molecule has 3 nitrogen and oxygen atoms in total. The van der Waals surface area contributed by atoms with Crippen molar-refractivity contribution in [2.45, 2.75) is 25.4 Å². The van der Waals surface area contributed by atoms with Crippen molar-refractivity contribution in [3.05, 3.63) is 24.0 Å². The van der Waals surface area contributed by atoms with E-state index < -0.39 is 0 Å². The molecule has 0 bridgehead atoms. The summed E-state index contributed by atoms with van der Waals surface area (Å²) in [5.74, 6) is 0.841. The van der Waals surface area contributed by atoms with Crippen molar-refractivity contribution in [1.82, 2.24) is 9.88 Å².